The summed E-state index contributed by atoms with van der Waals surface area (Å²) in [7, 11) is -3.44. The summed E-state index contributed by atoms with van der Waals surface area (Å²) < 4.78 is 27.4. The van der Waals surface area contributed by atoms with Gasteiger partial charge in [0, 0.05) is 19.1 Å². The van der Waals surface area contributed by atoms with Gasteiger partial charge in [-0.3, -0.25) is 4.79 Å². The van der Waals surface area contributed by atoms with Crippen molar-refractivity contribution in [2.45, 2.75) is 74.8 Å². The maximum absolute atomic E-state index is 13.4. The van der Waals surface area contributed by atoms with Crippen molar-refractivity contribution in [3.05, 3.63) is 65.2 Å². The summed E-state index contributed by atoms with van der Waals surface area (Å²) in [5.41, 5.74) is 3.55. The zero-order valence-electron chi connectivity index (χ0n) is 18.6. The van der Waals surface area contributed by atoms with Gasteiger partial charge < -0.3 is 4.90 Å². The van der Waals surface area contributed by atoms with E-state index in [0.717, 1.165) is 56.9 Å². The first-order chi connectivity index (χ1) is 15.5. The van der Waals surface area contributed by atoms with E-state index in [4.69, 9.17) is 0 Å². The molecule has 1 atom stereocenters. The number of hydrogen-bond donors (Lipinski definition) is 0. The van der Waals surface area contributed by atoms with Gasteiger partial charge in [0.05, 0.1) is 17.4 Å². The molecule has 2 fully saturated rings. The molecule has 170 valence electrons. The topological polar surface area (TPSA) is 57.7 Å². The molecule has 2 aromatic carbocycles. The van der Waals surface area contributed by atoms with Crippen LogP contribution in [0.25, 0.3) is 0 Å². The molecule has 2 aromatic rings. The zero-order valence-corrected chi connectivity index (χ0v) is 19.4. The largest absolute Gasteiger partial charge is 0.332 e. The van der Waals surface area contributed by atoms with E-state index in [1.165, 1.54) is 11.1 Å². The van der Waals surface area contributed by atoms with Crippen LogP contribution in [0.15, 0.2) is 53.4 Å². The SMILES string of the molecule is O=C(Cc1ccc(S(=O)(=O)N2CCCCC2)cc1)N(C1CC1)C1CCCc2ccccc21. The van der Waals surface area contributed by atoms with E-state index in [2.05, 4.69) is 29.2 Å². The highest BCUT2D eigenvalue weighted by Gasteiger charge is 2.39. The molecule has 0 radical (unpaired) electrons. The molecule has 1 unspecified atom stereocenters. The number of carbonyl (C=O) groups is 1. The van der Waals surface area contributed by atoms with Gasteiger partial charge in [-0.15, -0.1) is 0 Å². The Bertz CT molecular complexity index is 1070. The average molecular weight is 453 g/mol. The van der Waals surface area contributed by atoms with Crippen molar-refractivity contribution in [3.63, 3.8) is 0 Å². The van der Waals surface area contributed by atoms with Crippen molar-refractivity contribution in [2.75, 3.05) is 13.1 Å². The predicted molar refractivity (Wildman–Crippen MR) is 125 cm³/mol. The molecule has 5 rings (SSSR count). The molecule has 1 amide bonds. The molecule has 0 aromatic heterocycles. The third-order valence-corrected chi connectivity index (χ3v) is 9.05. The quantitative estimate of drug-likeness (QED) is 0.650. The van der Waals surface area contributed by atoms with E-state index in [1.807, 2.05) is 12.1 Å². The molecule has 5 nitrogen and oxygen atoms in total. The van der Waals surface area contributed by atoms with E-state index in [0.29, 0.717) is 30.4 Å². The Labute approximate surface area is 191 Å². The van der Waals surface area contributed by atoms with Crippen LogP contribution in [0.5, 0.6) is 0 Å². The van der Waals surface area contributed by atoms with Crippen LogP contribution in [0.2, 0.25) is 0 Å². The molecule has 0 spiro atoms. The Hall–Kier alpha value is -2.18. The fourth-order valence-corrected chi connectivity index (χ4v) is 6.82. The Kier molecular flexibility index (Phi) is 6.08. The van der Waals surface area contributed by atoms with Gasteiger partial charge in [0.2, 0.25) is 15.9 Å². The number of aryl methyl sites for hydroxylation is 1. The van der Waals surface area contributed by atoms with Crippen LogP contribution in [0.4, 0.5) is 0 Å². The van der Waals surface area contributed by atoms with Crippen LogP contribution in [0.1, 0.15) is 67.7 Å². The number of nitrogens with zero attached hydrogens (tertiary/aromatic N) is 2. The van der Waals surface area contributed by atoms with Crippen LogP contribution >= 0.6 is 0 Å². The van der Waals surface area contributed by atoms with E-state index < -0.39 is 10.0 Å². The summed E-state index contributed by atoms with van der Waals surface area (Å²) in [6.45, 7) is 1.20. The predicted octanol–water partition coefficient (Wildman–Crippen LogP) is 4.47. The summed E-state index contributed by atoms with van der Waals surface area (Å²) in [4.78, 5) is 15.9. The van der Waals surface area contributed by atoms with Crippen LogP contribution in [0.3, 0.4) is 0 Å². The number of rotatable bonds is 6. The van der Waals surface area contributed by atoms with Gasteiger partial charge in [0.1, 0.15) is 0 Å². The van der Waals surface area contributed by atoms with Gasteiger partial charge in [-0.25, -0.2) is 8.42 Å². The molecule has 1 saturated carbocycles. The lowest BCUT2D eigenvalue weighted by atomic mass is 9.86. The van der Waals surface area contributed by atoms with Crippen molar-refractivity contribution >= 4 is 15.9 Å². The molecule has 0 bridgehead atoms. The molecule has 1 aliphatic heterocycles. The normalized spacial score (nSPS) is 21.7. The average Bonchev–Trinajstić information content (AvgIpc) is 3.65. The number of fused-ring (bicyclic) bond motifs is 1. The first-order valence-electron chi connectivity index (χ1n) is 12.0. The highest BCUT2D eigenvalue weighted by Crippen LogP contribution is 2.41. The highest BCUT2D eigenvalue weighted by molar-refractivity contribution is 7.89. The summed E-state index contributed by atoms with van der Waals surface area (Å²) >= 11 is 0. The third-order valence-electron chi connectivity index (χ3n) is 7.13. The fraction of sp³-hybridized carbons (Fsp3) is 0.500. The first-order valence-corrected chi connectivity index (χ1v) is 13.5. The van der Waals surface area contributed by atoms with E-state index >= 15 is 0 Å². The fourth-order valence-electron chi connectivity index (χ4n) is 5.30. The summed E-state index contributed by atoms with van der Waals surface area (Å²) in [5.74, 6) is 0.154. The summed E-state index contributed by atoms with van der Waals surface area (Å²) in [6.07, 6.45) is 8.64. The second-order valence-corrected chi connectivity index (χ2v) is 11.4. The van der Waals surface area contributed by atoms with Gasteiger partial charge in [-0.2, -0.15) is 4.31 Å². The number of piperidine rings is 1. The van der Waals surface area contributed by atoms with Crippen molar-refractivity contribution < 1.29 is 13.2 Å². The molecular formula is C26H32N2O3S. The minimum absolute atomic E-state index is 0.154. The molecule has 2 aliphatic carbocycles. The standard InChI is InChI=1S/C26H32N2O3S/c29-26(28(22-13-14-22)25-10-6-8-21-7-2-3-9-24(21)25)19-20-11-15-23(16-12-20)32(30,31)27-17-4-1-5-18-27/h2-3,7,9,11-12,15-16,22,25H,1,4-6,8,10,13-14,17-19H2. The zero-order chi connectivity index (χ0) is 22.1. The summed E-state index contributed by atoms with van der Waals surface area (Å²) in [5, 5.41) is 0. The van der Waals surface area contributed by atoms with Crippen molar-refractivity contribution in [2.24, 2.45) is 0 Å². The van der Waals surface area contributed by atoms with Crippen molar-refractivity contribution in [1.82, 2.24) is 9.21 Å². The minimum Gasteiger partial charge on any atom is -0.332 e. The Balaban J connectivity index is 1.32. The first kappa shape index (κ1) is 21.7. The van der Waals surface area contributed by atoms with Gasteiger partial charge in [0.15, 0.2) is 0 Å². The molecule has 1 heterocycles. The minimum atomic E-state index is -3.44. The monoisotopic (exact) mass is 452 g/mol. The maximum atomic E-state index is 13.4. The van der Waals surface area contributed by atoms with Gasteiger partial charge in [0.25, 0.3) is 0 Å². The molecule has 1 saturated heterocycles. The van der Waals surface area contributed by atoms with Gasteiger partial charge >= 0.3 is 0 Å². The maximum Gasteiger partial charge on any atom is 0.243 e. The lowest BCUT2D eigenvalue weighted by molar-refractivity contribution is -0.134. The lowest BCUT2D eigenvalue weighted by Crippen LogP contribution is -2.39. The number of carbonyl (C=O) groups excluding carboxylic acids is 1. The number of sulfonamides is 1. The van der Waals surface area contributed by atoms with Crippen molar-refractivity contribution in [3.8, 4) is 0 Å². The van der Waals surface area contributed by atoms with E-state index in [1.54, 1.807) is 16.4 Å². The molecule has 3 aliphatic rings. The third kappa shape index (κ3) is 4.35. The van der Waals surface area contributed by atoms with Gasteiger partial charge in [-0.1, -0.05) is 42.8 Å². The second-order valence-electron chi connectivity index (χ2n) is 9.42. The highest BCUT2D eigenvalue weighted by atomic mass is 32.2. The Morgan fingerprint density at radius 3 is 2.34 bits per heavy atom. The van der Waals surface area contributed by atoms with Crippen LogP contribution in [0, 0.1) is 0 Å². The van der Waals surface area contributed by atoms with E-state index in [9.17, 15) is 13.2 Å². The van der Waals surface area contributed by atoms with Crippen LogP contribution < -0.4 is 0 Å². The van der Waals surface area contributed by atoms with Crippen LogP contribution in [-0.2, 0) is 27.7 Å². The number of benzene rings is 2. The second kappa shape index (κ2) is 8.99. The van der Waals surface area contributed by atoms with Crippen molar-refractivity contribution in [1.29, 1.82) is 0 Å². The lowest BCUT2D eigenvalue weighted by Gasteiger charge is -2.36. The van der Waals surface area contributed by atoms with Gasteiger partial charge in [-0.05, 0) is 73.8 Å². The number of hydrogen-bond acceptors (Lipinski definition) is 3. The summed E-state index contributed by atoms with van der Waals surface area (Å²) in [6, 6.07) is 16.0. The molecule has 6 heteroatoms. The molecular weight excluding hydrogens is 420 g/mol. The Morgan fingerprint density at radius 2 is 1.62 bits per heavy atom. The Morgan fingerprint density at radius 1 is 0.906 bits per heavy atom. The van der Waals surface area contributed by atoms with E-state index in [-0.39, 0.29) is 11.9 Å². The smallest absolute Gasteiger partial charge is 0.243 e. The number of amides is 1. The van der Waals surface area contributed by atoms with Crippen LogP contribution in [-0.4, -0.2) is 42.7 Å². The molecule has 0 N–H and O–H groups in total. The molecule has 32 heavy (non-hydrogen) atoms.